The van der Waals surface area contributed by atoms with Crippen molar-refractivity contribution in [3.05, 3.63) is 0 Å². The number of nitriles is 1. The van der Waals surface area contributed by atoms with Gasteiger partial charge in [0.15, 0.2) is 0 Å². The van der Waals surface area contributed by atoms with Crippen LogP contribution in [-0.2, 0) is 9.53 Å². The molecule has 0 N–H and O–H groups in total. The Hall–Kier alpha value is -0.0400. The van der Waals surface area contributed by atoms with Crippen LogP contribution in [-0.4, -0.2) is 12.6 Å². The molecule has 4 heteroatoms. The molecule has 0 spiro atoms. The van der Waals surface area contributed by atoms with Crippen LogP contribution in [0.3, 0.4) is 0 Å². The Morgan fingerprint density at radius 2 is 2.44 bits per heavy atom. The van der Waals surface area contributed by atoms with Gasteiger partial charge >= 0.3 is 35.5 Å². The zero-order chi connectivity index (χ0) is 6.41. The van der Waals surface area contributed by atoms with Crippen molar-refractivity contribution in [3.63, 3.8) is 0 Å². The molecule has 0 radical (unpaired) electrons. The first-order valence-corrected chi connectivity index (χ1v) is 2.33. The first-order valence-electron chi connectivity index (χ1n) is 2.33. The van der Waals surface area contributed by atoms with Crippen LogP contribution in [0.2, 0.25) is 0 Å². The summed E-state index contributed by atoms with van der Waals surface area (Å²) in [5.74, 6) is -0.449. The smallest absolute Gasteiger partial charge is 1.00 e. The summed E-state index contributed by atoms with van der Waals surface area (Å²) in [5, 5.41) is 7.91. The summed E-state index contributed by atoms with van der Waals surface area (Å²) < 4.78 is 4.42. The predicted molar refractivity (Wildman–Crippen MR) is 28.0 cm³/mol. The van der Waals surface area contributed by atoms with Crippen LogP contribution in [0.5, 0.6) is 0 Å². The number of carbonyl (C=O) groups excluding carboxylic acids is 1. The first kappa shape index (κ1) is 11.7. The van der Waals surface area contributed by atoms with Gasteiger partial charge < -0.3 is 6.16 Å². The fourth-order valence-electron chi connectivity index (χ4n) is 0.277. The Morgan fingerprint density at radius 1 is 1.89 bits per heavy atom. The van der Waals surface area contributed by atoms with Crippen LogP contribution in [0.4, 0.5) is 0 Å². The third kappa shape index (κ3) is 7.96. The first-order chi connectivity index (χ1) is 3.81. The van der Waals surface area contributed by atoms with E-state index in [4.69, 9.17) is 5.26 Å². The maximum atomic E-state index is 10.2. The molecule has 9 heavy (non-hydrogen) atoms. The van der Waals surface area contributed by atoms with Gasteiger partial charge in [-0.05, 0) is 6.92 Å². The maximum absolute atomic E-state index is 10.2. The molecule has 3 nitrogen and oxygen atoms in total. The van der Waals surface area contributed by atoms with Crippen molar-refractivity contribution in [1.29, 1.82) is 5.26 Å². The van der Waals surface area contributed by atoms with Crippen LogP contribution >= 0.6 is 0 Å². The van der Waals surface area contributed by atoms with E-state index in [2.05, 4.69) is 4.74 Å². The topological polar surface area (TPSA) is 50.1 Å². The number of rotatable bonds is 2. The molecule has 0 aromatic heterocycles. The Kier molecular flexibility index (Phi) is 10.4. The average Bonchev–Trinajstić information content (AvgIpc) is 1.68. The molecule has 46 valence electrons. The molecule has 0 aliphatic rings. The molecule has 0 aliphatic heterocycles. The van der Waals surface area contributed by atoms with E-state index in [-0.39, 0.29) is 37.4 Å². The third-order valence-electron chi connectivity index (χ3n) is 0.529. The fourth-order valence-corrected chi connectivity index (χ4v) is 0.277. The van der Waals surface area contributed by atoms with Crippen molar-refractivity contribution < 1.29 is 40.5 Å². The molecule has 0 aromatic carbocycles. The van der Waals surface area contributed by atoms with Crippen molar-refractivity contribution in [2.75, 3.05) is 6.61 Å². The summed E-state index contributed by atoms with van der Waals surface area (Å²) in [6.45, 7) is 2.05. The van der Waals surface area contributed by atoms with Crippen molar-refractivity contribution >= 4 is 5.97 Å². The summed E-state index contributed by atoms with van der Waals surface area (Å²) >= 11 is 0. The van der Waals surface area contributed by atoms with Gasteiger partial charge in [-0.3, -0.25) is 4.79 Å². The molecule has 0 heterocycles. The predicted octanol–water partition coefficient (Wildman–Crippen LogP) is -2.42. The molecule has 0 atom stereocenters. The Labute approximate surface area is 77.8 Å². The van der Waals surface area contributed by atoms with Crippen molar-refractivity contribution in [1.82, 2.24) is 0 Å². The minimum atomic E-state index is -0.449. The number of ether oxygens (including phenoxy) is 1. The van der Waals surface area contributed by atoms with Crippen LogP contribution in [0, 0.1) is 11.3 Å². The minimum Gasteiger partial charge on any atom is -1.00 e. The molecular weight excluding hydrogens is 129 g/mol. The third-order valence-corrected chi connectivity index (χ3v) is 0.529. The Morgan fingerprint density at radius 3 is 2.78 bits per heavy atom. The van der Waals surface area contributed by atoms with Crippen LogP contribution in [0.15, 0.2) is 0 Å². The Balaban J connectivity index is -0.000000245. The van der Waals surface area contributed by atoms with Gasteiger partial charge in [0.25, 0.3) is 0 Å². The average molecular weight is 137 g/mol. The number of esters is 1. The zero-order valence-corrected chi connectivity index (χ0v) is 7.68. The summed E-state index contributed by atoms with van der Waals surface area (Å²) in [4.78, 5) is 10.2. The summed E-state index contributed by atoms with van der Waals surface area (Å²) in [7, 11) is 0. The van der Waals surface area contributed by atoms with E-state index < -0.39 is 5.97 Å². The maximum Gasteiger partial charge on any atom is 1.00 e. The van der Waals surface area contributed by atoms with E-state index in [1.54, 1.807) is 13.0 Å². The van der Waals surface area contributed by atoms with Gasteiger partial charge in [0.2, 0.25) is 0 Å². The molecule has 0 aliphatic carbocycles. The molecule has 0 fully saturated rings. The second kappa shape index (κ2) is 7.96. The molecule has 0 aromatic rings. The number of nitrogens with zero attached hydrogens (tertiary/aromatic N) is 1. The quantitative estimate of drug-likeness (QED) is 0.314. The van der Waals surface area contributed by atoms with Gasteiger partial charge in [-0.15, -0.1) is 0 Å². The van der Waals surface area contributed by atoms with E-state index in [0.717, 1.165) is 0 Å². The number of hydrogen-bond acceptors (Lipinski definition) is 3. The minimum absolute atomic E-state index is 0. The summed E-state index contributed by atoms with van der Waals surface area (Å²) in [6, 6.07) is 1.68. The van der Waals surface area contributed by atoms with Gasteiger partial charge in [-0.1, -0.05) is 0 Å². The molecule has 0 rings (SSSR count). The van der Waals surface area contributed by atoms with Gasteiger partial charge in [-0.2, -0.15) is 5.26 Å². The van der Waals surface area contributed by atoms with Crippen LogP contribution in [0.25, 0.3) is 0 Å². The van der Waals surface area contributed by atoms with E-state index in [1.807, 2.05) is 0 Å². The Bertz CT molecular complexity index is 123. The standard InChI is InChI=1S/C5H7NO2.Na.H/c1-2-8-5(7)3-4-6;;/h2-3H2,1H3;;/q;+1;-1. The molecule has 0 saturated heterocycles. The molecule has 0 bridgehead atoms. The molecular formula is C5H8NNaO2. The van der Waals surface area contributed by atoms with Crippen molar-refractivity contribution in [2.24, 2.45) is 0 Å². The van der Waals surface area contributed by atoms with Gasteiger partial charge in [0.1, 0.15) is 6.42 Å². The van der Waals surface area contributed by atoms with E-state index in [1.165, 1.54) is 0 Å². The van der Waals surface area contributed by atoms with Crippen molar-refractivity contribution in [2.45, 2.75) is 13.3 Å². The number of hydrogen-bond donors (Lipinski definition) is 0. The van der Waals surface area contributed by atoms with Gasteiger partial charge in [0.05, 0.1) is 12.7 Å². The fraction of sp³-hybridized carbons (Fsp3) is 0.600. The van der Waals surface area contributed by atoms with Crippen LogP contribution < -0.4 is 29.6 Å². The van der Waals surface area contributed by atoms with Gasteiger partial charge in [0, 0.05) is 0 Å². The monoisotopic (exact) mass is 137 g/mol. The number of carbonyl (C=O) groups is 1. The van der Waals surface area contributed by atoms with Crippen molar-refractivity contribution in [3.8, 4) is 6.07 Å². The van der Waals surface area contributed by atoms with E-state index >= 15 is 0 Å². The molecule has 0 unspecified atom stereocenters. The summed E-state index contributed by atoms with van der Waals surface area (Å²) in [6.07, 6.45) is -0.145. The second-order valence-electron chi connectivity index (χ2n) is 1.14. The summed E-state index contributed by atoms with van der Waals surface area (Å²) in [5.41, 5.74) is 0. The van der Waals surface area contributed by atoms with Crippen LogP contribution in [0.1, 0.15) is 14.8 Å². The van der Waals surface area contributed by atoms with E-state index in [9.17, 15) is 4.79 Å². The second-order valence-corrected chi connectivity index (χ2v) is 1.14. The van der Waals surface area contributed by atoms with Gasteiger partial charge in [-0.25, -0.2) is 0 Å². The molecule has 0 amide bonds. The largest absolute Gasteiger partial charge is 1.00 e. The SMILES string of the molecule is CCOC(=O)CC#N.[H-].[Na+]. The zero-order valence-electron chi connectivity index (χ0n) is 6.68. The molecule has 0 saturated carbocycles. The normalized spacial score (nSPS) is 6.67. The van der Waals surface area contributed by atoms with E-state index in [0.29, 0.717) is 6.61 Å².